The third-order valence-electron chi connectivity index (χ3n) is 3.85. The van der Waals surface area contributed by atoms with Crippen molar-refractivity contribution in [3.63, 3.8) is 0 Å². The van der Waals surface area contributed by atoms with E-state index in [-0.39, 0.29) is 28.1 Å². The highest BCUT2D eigenvalue weighted by Gasteiger charge is 2.19. The second kappa shape index (κ2) is 8.71. The van der Waals surface area contributed by atoms with Crippen LogP contribution < -0.4 is 14.8 Å². The average molecular weight is 376 g/mol. The van der Waals surface area contributed by atoms with Crippen LogP contribution in [0.5, 0.6) is 5.75 Å². The summed E-state index contributed by atoms with van der Waals surface area (Å²) in [5.41, 5.74) is 0.518. The molecule has 0 aliphatic carbocycles. The highest BCUT2D eigenvalue weighted by atomic mass is 32.2. The summed E-state index contributed by atoms with van der Waals surface area (Å²) in [5, 5.41) is 2.84. The van der Waals surface area contributed by atoms with Crippen LogP contribution in [0, 0.1) is 0 Å². The van der Waals surface area contributed by atoms with Gasteiger partial charge in [0.15, 0.2) is 0 Å². The molecule has 0 heterocycles. The van der Waals surface area contributed by atoms with Crippen LogP contribution in [0.3, 0.4) is 0 Å². The summed E-state index contributed by atoms with van der Waals surface area (Å²) in [6.45, 7) is 6.21. The number of carbonyl (C=O) groups excluding carboxylic acids is 1. The van der Waals surface area contributed by atoms with E-state index in [1.165, 1.54) is 12.1 Å². The Balaban J connectivity index is 2.25. The number of hydrogen-bond acceptors (Lipinski definition) is 4. The van der Waals surface area contributed by atoms with Crippen molar-refractivity contribution in [3.8, 4) is 5.75 Å². The van der Waals surface area contributed by atoms with E-state index in [2.05, 4.69) is 10.0 Å². The summed E-state index contributed by atoms with van der Waals surface area (Å²) in [5.74, 6) is 0.282. The Morgan fingerprint density at radius 2 is 1.73 bits per heavy atom. The van der Waals surface area contributed by atoms with Crippen LogP contribution in [0.2, 0.25) is 0 Å². The normalized spacial score (nSPS) is 12.3. The predicted octanol–water partition coefficient (Wildman–Crippen LogP) is 3.41. The molecule has 1 atom stereocenters. The molecule has 0 saturated heterocycles. The van der Waals surface area contributed by atoms with Gasteiger partial charge in [0.05, 0.1) is 22.8 Å². The number of ether oxygens (including phenoxy) is 1. The molecule has 0 unspecified atom stereocenters. The Morgan fingerprint density at radius 1 is 1.08 bits per heavy atom. The van der Waals surface area contributed by atoms with Crippen molar-refractivity contribution in [1.29, 1.82) is 0 Å². The minimum absolute atomic E-state index is 0.00160. The van der Waals surface area contributed by atoms with Crippen LogP contribution in [0.4, 0.5) is 5.69 Å². The first-order valence-electron chi connectivity index (χ1n) is 8.53. The van der Waals surface area contributed by atoms with Crippen LogP contribution >= 0.6 is 0 Å². The summed E-state index contributed by atoms with van der Waals surface area (Å²) in [6, 6.07) is 12.7. The summed E-state index contributed by atoms with van der Waals surface area (Å²) >= 11 is 0. The van der Waals surface area contributed by atoms with Gasteiger partial charge in [-0.2, -0.15) is 0 Å². The third kappa shape index (κ3) is 4.98. The molecule has 0 aromatic heterocycles. The van der Waals surface area contributed by atoms with E-state index in [9.17, 15) is 13.2 Å². The number of nitrogens with one attached hydrogen (secondary N) is 2. The smallest absolute Gasteiger partial charge is 0.261 e. The molecule has 0 aliphatic heterocycles. The lowest BCUT2D eigenvalue weighted by atomic mass is 10.1. The van der Waals surface area contributed by atoms with Crippen molar-refractivity contribution in [2.75, 3.05) is 11.3 Å². The van der Waals surface area contributed by atoms with Gasteiger partial charge in [0.2, 0.25) is 0 Å². The van der Waals surface area contributed by atoms with Gasteiger partial charge < -0.3 is 10.1 Å². The van der Waals surface area contributed by atoms with Gasteiger partial charge in [-0.3, -0.25) is 9.52 Å². The first-order valence-corrected chi connectivity index (χ1v) is 10.0. The Kier molecular flexibility index (Phi) is 6.63. The Morgan fingerprint density at radius 3 is 2.35 bits per heavy atom. The number of benzene rings is 2. The number of anilines is 1. The van der Waals surface area contributed by atoms with Crippen molar-refractivity contribution in [3.05, 3.63) is 54.1 Å². The molecule has 6 nitrogen and oxygen atoms in total. The number of para-hydroxylation sites is 1. The molecular formula is C19H24N2O4S. The molecule has 0 aliphatic rings. The van der Waals surface area contributed by atoms with Gasteiger partial charge in [-0.15, -0.1) is 0 Å². The van der Waals surface area contributed by atoms with Crippen LogP contribution in [0.15, 0.2) is 53.4 Å². The zero-order chi connectivity index (χ0) is 19.2. The fraction of sp³-hybridized carbons (Fsp3) is 0.316. The standard InChI is InChI=1S/C19H24N2O4S/c1-4-14(3)20-19(22)17-8-6-7-9-18(17)21-26(23,24)16-12-10-15(11-13-16)25-5-2/h6-14,21H,4-5H2,1-3H3,(H,20,22)/t14-/m1/s1. The van der Waals surface area contributed by atoms with E-state index >= 15 is 0 Å². The summed E-state index contributed by atoms with van der Waals surface area (Å²) in [7, 11) is -3.82. The molecule has 2 N–H and O–H groups in total. The SMILES string of the molecule is CCOc1ccc(S(=O)(=O)Nc2ccccc2C(=O)N[C@H](C)CC)cc1. The molecule has 2 rings (SSSR count). The molecule has 0 saturated carbocycles. The number of sulfonamides is 1. The van der Waals surface area contributed by atoms with Crippen LogP contribution in [-0.4, -0.2) is 27.0 Å². The van der Waals surface area contributed by atoms with Gasteiger partial charge in [0.1, 0.15) is 5.75 Å². The Bertz CT molecular complexity index is 848. The lowest BCUT2D eigenvalue weighted by molar-refractivity contribution is 0.0940. The molecule has 140 valence electrons. The minimum Gasteiger partial charge on any atom is -0.494 e. The van der Waals surface area contributed by atoms with Crippen molar-refractivity contribution in [1.82, 2.24) is 5.32 Å². The molecule has 7 heteroatoms. The fourth-order valence-corrected chi connectivity index (χ4v) is 3.34. The van der Waals surface area contributed by atoms with E-state index in [0.29, 0.717) is 12.4 Å². The van der Waals surface area contributed by atoms with Gasteiger partial charge >= 0.3 is 0 Å². The zero-order valence-electron chi connectivity index (χ0n) is 15.2. The lowest BCUT2D eigenvalue weighted by Crippen LogP contribution is -2.32. The van der Waals surface area contributed by atoms with Crippen LogP contribution in [-0.2, 0) is 10.0 Å². The monoisotopic (exact) mass is 376 g/mol. The first kappa shape index (κ1) is 19.8. The van der Waals surface area contributed by atoms with E-state index in [1.54, 1.807) is 36.4 Å². The second-order valence-electron chi connectivity index (χ2n) is 5.84. The highest BCUT2D eigenvalue weighted by Crippen LogP contribution is 2.22. The number of hydrogen-bond donors (Lipinski definition) is 2. The largest absolute Gasteiger partial charge is 0.494 e. The maximum Gasteiger partial charge on any atom is 0.261 e. The topological polar surface area (TPSA) is 84.5 Å². The van der Waals surface area contributed by atoms with Crippen molar-refractivity contribution in [2.24, 2.45) is 0 Å². The maximum absolute atomic E-state index is 12.6. The maximum atomic E-state index is 12.6. The van der Waals surface area contributed by atoms with Gasteiger partial charge in [-0.05, 0) is 56.7 Å². The quantitative estimate of drug-likeness (QED) is 0.739. The minimum atomic E-state index is -3.82. The Hall–Kier alpha value is -2.54. The van der Waals surface area contributed by atoms with Gasteiger partial charge in [0, 0.05) is 6.04 Å². The summed E-state index contributed by atoms with van der Waals surface area (Å²) in [4.78, 5) is 12.5. The van der Waals surface area contributed by atoms with Crippen molar-refractivity contribution < 1.29 is 17.9 Å². The Labute approximate surface area is 154 Å². The number of amides is 1. The summed E-state index contributed by atoms with van der Waals surface area (Å²) in [6.07, 6.45) is 0.784. The molecule has 2 aromatic rings. The molecule has 0 bridgehead atoms. The fourth-order valence-electron chi connectivity index (χ4n) is 2.26. The van der Waals surface area contributed by atoms with Crippen LogP contribution in [0.25, 0.3) is 0 Å². The van der Waals surface area contributed by atoms with E-state index < -0.39 is 10.0 Å². The van der Waals surface area contributed by atoms with Gasteiger partial charge in [-0.1, -0.05) is 19.1 Å². The predicted molar refractivity (Wildman–Crippen MR) is 102 cm³/mol. The van der Waals surface area contributed by atoms with Gasteiger partial charge in [-0.25, -0.2) is 8.42 Å². The first-order chi connectivity index (χ1) is 12.4. The van der Waals surface area contributed by atoms with E-state index in [4.69, 9.17) is 4.74 Å². The van der Waals surface area contributed by atoms with E-state index in [1.807, 2.05) is 20.8 Å². The van der Waals surface area contributed by atoms with Crippen molar-refractivity contribution in [2.45, 2.75) is 38.1 Å². The molecule has 0 radical (unpaired) electrons. The zero-order valence-corrected chi connectivity index (χ0v) is 16.0. The molecule has 2 aromatic carbocycles. The summed E-state index contributed by atoms with van der Waals surface area (Å²) < 4.78 is 33.1. The van der Waals surface area contributed by atoms with E-state index in [0.717, 1.165) is 6.42 Å². The number of rotatable bonds is 8. The molecule has 1 amide bonds. The third-order valence-corrected chi connectivity index (χ3v) is 5.23. The molecule has 0 fully saturated rings. The van der Waals surface area contributed by atoms with Crippen LogP contribution in [0.1, 0.15) is 37.6 Å². The average Bonchev–Trinajstić information content (AvgIpc) is 2.62. The molecular weight excluding hydrogens is 352 g/mol. The molecule has 0 spiro atoms. The van der Waals surface area contributed by atoms with Crippen molar-refractivity contribution >= 4 is 21.6 Å². The highest BCUT2D eigenvalue weighted by molar-refractivity contribution is 7.92. The van der Waals surface area contributed by atoms with Gasteiger partial charge in [0.25, 0.3) is 15.9 Å². The lowest BCUT2D eigenvalue weighted by Gasteiger charge is -2.15. The molecule has 26 heavy (non-hydrogen) atoms. The second-order valence-corrected chi connectivity index (χ2v) is 7.52. The number of carbonyl (C=O) groups is 1.